The summed E-state index contributed by atoms with van der Waals surface area (Å²) in [6, 6.07) is 1.20. The van der Waals surface area contributed by atoms with Gasteiger partial charge in [0.05, 0.1) is 28.8 Å². The van der Waals surface area contributed by atoms with Crippen LogP contribution in [-0.4, -0.2) is 41.9 Å². The molecule has 2 aromatic rings. The Morgan fingerprint density at radius 3 is 2.50 bits per heavy atom. The Kier molecular flexibility index (Phi) is 4.87. The van der Waals surface area contributed by atoms with E-state index in [9.17, 15) is 25.0 Å². The molecule has 0 aliphatic carbocycles. The summed E-state index contributed by atoms with van der Waals surface area (Å²) >= 11 is 0. The van der Waals surface area contributed by atoms with Gasteiger partial charge >= 0.3 is 11.5 Å². The van der Waals surface area contributed by atoms with Crippen molar-refractivity contribution in [3.63, 3.8) is 0 Å². The Balaban J connectivity index is 1.87. The fourth-order valence-corrected chi connectivity index (χ4v) is 2.21. The largest absolute Gasteiger partial charge is 0.389 e. The molecule has 128 valence electrons. The Morgan fingerprint density at radius 2 is 1.96 bits per heavy atom. The van der Waals surface area contributed by atoms with E-state index in [2.05, 4.69) is 15.5 Å². The van der Waals surface area contributed by atoms with E-state index in [1.807, 2.05) is 0 Å². The van der Waals surface area contributed by atoms with Crippen molar-refractivity contribution in [2.75, 3.05) is 6.54 Å². The zero-order chi connectivity index (χ0) is 17.9. The molecule has 0 atom stereocenters. The van der Waals surface area contributed by atoms with Gasteiger partial charge in [-0.3, -0.25) is 19.6 Å². The molecule has 0 radical (unpaired) electrons. The van der Waals surface area contributed by atoms with Gasteiger partial charge in [-0.2, -0.15) is 9.78 Å². The third kappa shape index (κ3) is 3.71. The van der Waals surface area contributed by atoms with E-state index in [1.165, 1.54) is 16.9 Å². The molecule has 0 saturated carbocycles. The maximum Gasteiger partial charge on any atom is 0.389 e. The van der Waals surface area contributed by atoms with Crippen molar-refractivity contribution in [2.45, 2.75) is 26.9 Å². The molecule has 2 rings (SSSR count). The lowest BCUT2D eigenvalue weighted by Gasteiger charge is -2.05. The van der Waals surface area contributed by atoms with Crippen molar-refractivity contribution in [2.24, 2.45) is 0 Å². The van der Waals surface area contributed by atoms with Crippen molar-refractivity contribution < 1.29 is 14.6 Å². The molecule has 2 heterocycles. The summed E-state index contributed by atoms with van der Waals surface area (Å²) in [6.45, 7) is 3.45. The van der Waals surface area contributed by atoms with Crippen LogP contribution in [0, 0.1) is 34.1 Å². The molecule has 12 nitrogen and oxygen atoms in total. The van der Waals surface area contributed by atoms with E-state index in [0.29, 0.717) is 11.4 Å². The van der Waals surface area contributed by atoms with Crippen LogP contribution in [0.2, 0.25) is 0 Å². The monoisotopic (exact) mass is 337 g/mol. The number of nitro groups is 2. The number of carbonyl (C=O) groups excluding carboxylic acids is 1. The highest BCUT2D eigenvalue weighted by Crippen LogP contribution is 2.21. The number of amides is 1. The third-order valence-electron chi connectivity index (χ3n) is 3.29. The van der Waals surface area contributed by atoms with Crippen LogP contribution in [0.15, 0.2) is 12.3 Å². The Labute approximate surface area is 135 Å². The van der Waals surface area contributed by atoms with E-state index in [0.717, 1.165) is 4.68 Å². The average molecular weight is 337 g/mol. The summed E-state index contributed by atoms with van der Waals surface area (Å²) in [6.07, 6.45) is 1.34. The SMILES string of the molecule is Cc1nn(CCNC(=O)Cn2ccc([N+](=O)[O-])n2)c(C)c1[N+](=O)[O-]. The minimum atomic E-state index is -0.649. The molecule has 0 aliphatic rings. The van der Waals surface area contributed by atoms with Crippen molar-refractivity contribution in [3.8, 4) is 0 Å². The van der Waals surface area contributed by atoms with Gasteiger partial charge in [0.1, 0.15) is 17.9 Å². The molecular formula is C12H15N7O5. The molecule has 1 N–H and O–H groups in total. The van der Waals surface area contributed by atoms with Gasteiger partial charge in [-0.15, -0.1) is 0 Å². The number of aromatic nitrogens is 4. The summed E-state index contributed by atoms with van der Waals surface area (Å²) in [7, 11) is 0. The quantitative estimate of drug-likeness (QED) is 0.564. The maximum atomic E-state index is 11.8. The second-order valence-corrected chi connectivity index (χ2v) is 4.98. The minimum absolute atomic E-state index is 0.0369. The van der Waals surface area contributed by atoms with E-state index in [1.54, 1.807) is 13.8 Å². The van der Waals surface area contributed by atoms with Gasteiger partial charge in [-0.05, 0) is 18.8 Å². The van der Waals surface area contributed by atoms with Gasteiger partial charge in [0.25, 0.3) is 0 Å². The highest BCUT2D eigenvalue weighted by Gasteiger charge is 2.21. The van der Waals surface area contributed by atoms with Crippen molar-refractivity contribution >= 4 is 17.4 Å². The lowest BCUT2D eigenvalue weighted by molar-refractivity contribution is -0.389. The Hall–Kier alpha value is -3.31. The summed E-state index contributed by atoms with van der Waals surface area (Å²) in [5.41, 5.74) is 0.687. The van der Waals surface area contributed by atoms with Gasteiger partial charge < -0.3 is 15.4 Å². The number of carbonyl (C=O) groups is 1. The second-order valence-electron chi connectivity index (χ2n) is 4.98. The summed E-state index contributed by atoms with van der Waals surface area (Å²) < 4.78 is 2.61. The first-order chi connectivity index (χ1) is 11.3. The summed E-state index contributed by atoms with van der Waals surface area (Å²) in [5, 5.41) is 31.7. The standard InChI is InChI=1S/C12H15N7O5/c1-8-12(19(23)24)9(2)17(14-8)6-4-13-11(20)7-16-5-3-10(15-16)18(21)22/h3,5H,4,6-7H2,1-2H3,(H,13,20). The number of rotatable bonds is 7. The van der Waals surface area contributed by atoms with Crippen LogP contribution in [0.5, 0.6) is 0 Å². The van der Waals surface area contributed by atoms with E-state index in [-0.39, 0.29) is 37.0 Å². The van der Waals surface area contributed by atoms with E-state index >= 15 is 0 Å². The van der Waals surface area contributed by atoms with E-state index in [4.69, 9.17) is 0 Å². The molecule has 0 saturated heterocycles. The number of hydrogen-bond acceptors (Lipinski definition) is 7. The molecule has 0 bridgehead atoms. The number of nitrogens with zero attached hydrogens (tertiary/aromatic N) is 6. The number of nitrogens with one attached hydrogen (secondary N) is 1. The molecule has 0 fully saturated rings. The van der Waals surface area contributed by atoms with Crippen LogP contribution < -0.4 is 5.32 Å². The predicted octanol–water partition coefficient (Wildman–Crippen LogP) is 0.329. The van der Waals surface area contributed by atoms with Crippen LogP contribution in [0.3, 0.4) is 0 Å². The van der Waals surface area contributed by atoms with Crippen molar-refractivity contribution in [3.05, 3.63) is 43.9 Å². The normalized spacial score (nSPS) is 10.6. The molecule has 12 heteroatoms. The molecule has 0 aliphatic heterocycles. The minimum Gasteiger partial charge on any atom is -0.358 e. The smallest absolute Gasteiger partial charge is 0.358 e. The molecule has 24 heavy (non-hydrogen) atoms. The van der Waals surface area contributed by atoms with Crippen LogP contribution >= 0.6 is 0 Å². The summed E-state index contributed by atoms with van der Waals surface area (Å²) in [5.74, 6) is -0.721. The topological polar surface area (TPSA) is 151 Å². The molecule has 0 spiro atoms. The van der Waals surface area contributed by atoms with Crippen LogP contribution in [0.4, 0.5) is 11.5 Å². The van der Waals surface area contributed by atoms with E-state index < -0.39 is 9.85 Å². The molecule has 2 aromatic heterocycles. The lowest BCUT2D eigenvalue weighted by atomic mass is 10.3. The second kappa shape index (κ2) is 6.85. The molecule has 0 aromatic carbocycles. The first-order valence-electron chi connectivity index (χ1n) is 6.92. The maximum absolute atomic E-state index is 11.8. The lowest BCUT2D eigenvalue weighted by Crippen LogP contribution is -2.31. The first-order valence-corrected chi connectivity index (χ1v) is 6.92. The zero-order valence-electron chi connectivity index (χ0n) is 13.0. The van der Waals surface area contributed by atoms with Gasteiger partial charge in [0, 0.05) is 6.54 Å². The highest BCUT2D eigenvalue weighted by molar-refractivity contribution is 5.75. The van der Waals surface area contributed by atoms with Gasteiger partial charge in [0.15, 0.2) is 0 Å². The van der Waals surface area contributed by atoms with Crippen molar-refractivity contribution in [1.82, 2.24) is 24.9 Å². The third-order valence-corrected chi connectivity index (χ3v) is 3.29. The highest BCUT2D eigenvalue weighted by atomic mass is 16.6. The van der Waals surface area contributed by atoms with Crippen molar-refractivity contribution in [1.29, 1.82) is 0 Å². The summed E-state index contributed by atoms with van der Waals surface area (Å²) in [4.78, 5) is 32.1. The molecule has 0 unspecified atom stereocenters. The number of hydrogen-bond donors (Lipinski definition) is 1. The molecule has 1 amide bonds. The van der Waals surface area contributed by atoms with Gasteiger partial charge in [-0.25, -0.2) is 0 Å². The zero-order valence-corrected chi connectivity index (χ0v) is 13.0. The van der Waals surface area contributed by atoms with Gasteiger partial charge in [0.2, 0.25) is 5.91 Å². The fourth-order valence-electron chi connectivity index (χ4n) is 2.21. The van der Waals surface area contributed by atoms with Gasteiger partial charge in [-0.1, -0.05) is 0 Å². The number of aryl methyl sites for hydroxylation is 1. The Morgan fingerprint density at radius 1 is 1.25 bits per heavy atom. The predicted molar refractivity (Wildman–Crippen MR) is 80.2 cm³/mol. The average Bonchev–Trinajstić information content (AvgIpc) is 3.04. The fraction of sp³-hybridized carbons (Fsp3) is 0.417. The van der Waals surface area contributed by atoms with Crippen LogP contribution in [-0.2, 0) is 17.9 Å². The first kappa shape index (κ1) is 17.1. The Bertz CT molecular complexity index is 794. The molecular weight excluding hydrogens is 322 g/mol. The van der Waals surface area contributed by atoms with Crippen LogP contribution in [0.1, 0.15) is 11.4 Å². The van der Waals surface area contributed by atoms with Crippen LogP contribution in [0.25, 0.3) is 0 Å².